The third kappa shape index (κ3) is 3.32. The second-order valence-electron chi connectivity index (χ2n) is 4.93. The van der Waals surface area contributed by atoms with Crippen molar-refractivity contribution in [3.8, 4) is 0 Å². The Hall–Kier alpha value is -0.863. The van der Waals surface area contributed by atoms with E-state index < -0.39 is 8.24 Å². The van der Waals surface area contributed by atoms with E-state index in [1.165, 1.54) is 11.1 Å². The lowest BCUT2D eigenvalue weighted by atomic mass is 10.1. The van der Waals surface area contributed by atoms with Crippen molar-refractivity contribution in [2.24, 2.45) is 0 Å². The Morgan fingerprint density at radius 3 is 2.40 bits per heavy atom. The number of hydrogen-bond donors (Lipinski definition) is 0. The van der Waals surface area contributed by atoms with Gasteiger partial charge in [0.05, 0.1) is 0 Å². The molecule has 0 N–H and O–H groups in total. The zero-order valence-electron chi connectivity index (χ0n) is 10.2. The lowest BCUT2D eigenvalue weighted by molar-refractivity contribution is 0.505. The SMILES string of the molecule is C=Cc1ccccc1CN(C)[Si](C)(C)C. The van der Waals surface area contributed by atoms with E-state index in [1.54, 1.807) is 0 Å². The molecule has 0 aromatic heterocycles. The Kier molecular flexibility index (Phi) is 3.88. The predicted octanol–water partition coefficient (Wildman–Crippen LogP) is 3.60. The van der Waals surface area contributed by atoms with Crippen molar-refractivity contribution in [3.63, 3.8) is 0 Å². The topological polar surface area (TPSA) is 3.24 Å². The molecule has 1 aromatic rings. The van der Waals surface area contributed by atoms with E-state index in [9.17, 15) is 0 Å². The maximum Gasteiger partial charge on any atom is 0.119 e. The third-order valence-corrected chi connectivity index (χ3v) is 5.28. The Bertz CT molecular complexity index is 339. The highest BCUT2D eigenvalue weighted by molar-refractivity contribution is 6.73. The van der Waals surface area contributed by atoms with Crippen LogP contribution in [0.2, 0.25) is 19.6 Å². The van der Waals surface area contributed by atoms with Gasteiger partial charge in [-0.25, -0.2) is 0 Å². The van der Waals surface area contributed by atoms with Crippen LogP contribution in [0.15, 0.2) is 30.8 Å². The normalized spacial score (nSPS) is 11.8. The van der Waals surface area contributed by atoms with Gasteiger partial charge < -0.3 is 4.57 Å². The van der Waals surface area contributed by atoms with Crippen molar-refractivity contribution in [1.29, 1.82) is 0 Å². The van der Waals surface area contributed by atoms with Crippen LogP contribution < -0.4 is 0 Å². The first-order valence-corrected chi connectivity index (χ1v) is 8.81. The lowest BCUT2D eigenvalue weighted by Gasteiger charge is -2.30. The van der Waals surface area contributed by atoms with E-state index in [2.05, 4.69) is 62.1 Å². The van der Waals surface area contributed by atoms with E-state index in [1.807, 2.05) is 6.08 Å². The van der Waals surface area contributed by atoms with Gasteiger partial charge in [-0.3, -0.25) is 0 Å². The highest BCUT2D eigenvalue weighted by atomic mass is 28.3. The van der Waals surface area contributed by atoms with Crippen molar-refractivity contribution in [2.45, 2.75) is 26.2 Å². The summed E-state index contributed by atoms with van der Waals surface area (Å²) in [6.07, 6.45) is 1.94. The zero-order chi connectivity index (χ0) is 11.5. The zero-order valence-corrected chi connectivity index (χ0v) is 11.2. The van der Waals surface area contributed by atoms with Crippen molar-refractivity contribution < 1.29 is 0 Å². The molecule has 0 atom stereocenters. The summed E-state index contributed by atoms with van der Waals surface area (Å²) < 4.78 is 2.48. The van der Waals surface area contributed by atoms with Crippen LogP contribution in [0.3, 0.4) is 0 Å². The van der Waals surface area contributed by atoms with Gasteiger partial charge in [-0.1, -0.05) is 56.6 Å². The predicted molar refractivity (Wildman–Crippen MR) is 71.3 cm³/mol. The largest absolute Gasteiger partial charge is 0.323 e. The van der Waals surface area contributed by atoms with Gasteiger partial charge in [0, 0.05) is 6.54 Å². The van der Waals surface area contributed by atoms with Crippen LogP contribution in [0.5, 0.6) is 0 Å². The van der Waals surface area contributed by atoms with Crippen LogP contribution in [0, 0.1) is 0 Å². The first-order valence-electron chi connectivity index (χ1n) is 5.36. The van der Waals surface area contributed by atoms with Gasteiger partial charge in [0.2, 0.25) is 0 Å². The fourth-order valence-corrected chi connectivity index (χ4v) is 2.01. The molecule has 15 heavy (non-hydrogen) atoms. The second kappa shape index (κ2) is 4.77. The van der Waals surface area contributed by atoms with E-state index in [0.717, 1.165) is 6.54 Å². The maximum absolute atomic E-state index is 3.85. The Balaban J connectivity index is 2.85. The Morgan fingerprint density at radius 1 is 1.27 bits per heavy atom. The van der Waals surface area contributed by atoms with Gasteiger partial charge in [0.25, 0.3) is 0 Å². The third-order valence-electron chi connectivity index (χ3n) is 2.83. The number of nitrogens with zero attached hydrogens (tertiary/aromatic N) is 1. The number of hydrogen-bond acceptors (Lipinski definition) is 1. The van der Waals surface area contributed by atoms with Gasteiger partial charge in [0.15, 0.2) is 0 Å². The average molecular weight is 219 g/mol. The molecule has 1 nitrogen and oxygen atoms in total. The molecule has 0 aliphatic rings. The van der Waals surface area contributed by atoms with Crippen LogP contribution in [0.4, 0.5) is 0 Å². The number of benzene rings is 1. The van der Waals surface area contributed by atoms with Crippen LogP contribution in [-0.4, -0.2) is 19.8 Å². The van der Waals surface area contributed by atoms with E-state index >= 15 is 0 Å². The molecule has 0 bridgehead atoms. The molecule has 0 unspecified atom stereocenters. The fraction of sp³-hybridized carbons (Fsp3) is 0.385. The van der Waals surface area contributed by atoms with Crippen molar-refractivity contribution in [1.82, 2.24) is 4.57 Å². The van der Waals surface area contributed by atoms with Crippen LogP contribution in [0.1, 0.15) is 11.1 Å². The van der Waals surface area contributed by atoms with Crippen LogP contribution in [0.25, 0.3) is 6.08 Å². The van der Waals surface area contributed by atoms with Gasteiger partial charge >= 0.3 is 0 Å². The summed E-state index contributed by atoms with van der Waals surface area (Å²) >= 11 is 0. The van der Waals surface area contributed by atoms with E-state index in [4.69, 9.17) is 0 Å². The summed E-state index contributed by atoms with van der Waals surface area (Å²) in [5, 5.41) is 0. The second-order valence-corrected chi connectivity index (χ2v) is 10.0. The molecule has 0 aliphatic carbocycles. The van der Waals surface area contributed by atoms with Crippen molar-refractivity contribution >= 4 is 14.3 Å². The summed E-state index contributed by atoms with van der Waals surface area (Å²) in [5.41, 5.74) is 2.63. The summed E-state index contributed by atoms with van der Waals surface area (Å²) in [6.45, 7) is 12.0. The molecular formula is C13H21NSi. The van der Waals surface area contributed by atoms with E-state index in [-0.39, 0.29) is 0 Å². The molecule has 0 fully saturated rings. The highest BCUT2D eigenvalue weighted by Crippen LogP contribution is 2.16. The summed E-state index contributed by atoms with van der Waals surface area (Å²) in [5.74, 6) is 0. The van der Waals surface area contributed by atoms with Crippen molar-refractivity contribution in [3.05, 3.63) is 42.0 Å². The van der Waals surface area contributed by atoms with E-state index in [0.29, 0.717) is 0 Å². The van der Waals surface area contributed by atoms with Gasteiger partial charge in [-0.2, -0.15) is 0 Å². The first-order chi connectivity index (χ1) is 6.95. The fourth-order valence-electron chi connectivity index (χ4n) is 1.37. The van der Waals surface area contributed by atoms with Crippen LogP contribution >= 0.6 is 0 Å². The highest BCUT2D eigenvalue weighted by Gasteiger charge is 2.20. The molecule has 0 radical (unpaired) electrons. The molecule has 1 aromatic carbocycles. The molecule has 0 aliphatic heterocycles. The first kappa shape index (κ1) is 12.2. The van der Waals surface area contributed by atoms with Gasteiger partial charge in [-0.15, -0.1) is 0 Å². The summed E-state index contributed by atoms with van der Waals surface area (Å²) in [4.78, 5) is 0. The molecule has 0 amide bonds. The van der Waals surface area contributed by atoms with Gasteiger partial charge in [-0.05, 0) is 18.2 Å². The molecule has 0 saturated heterocycles. The average Bonchev–Trinajstić information content (AvgIpc) is 2.17. The van der Waals surface area contributed by atoms with Crippen LogP contribution in [-0.2, 0) is 6.54 Å². The Morgan fingerprint density at radius 2 is 1.87 bits per heavy atom. The quantitative estimate of drug-likeness (QED) is 0.699. The molecule has 82 valence electrons. The monoisotopic (exact) mass is 219 g/mol. The summed E-state index contributed by atoms with van der Waals surface area (Å²) in [6, 6.07) is 8.48. The lowest BCUT2D eigenvalue weighted by Crippen LogP contribution is -2.42. The standard InChI is InChI=1S/C13H21NSi/c1-6-12-9-7-8-10-13(12)11-14(2)15(3,4)5/h6-10H,1,11H2,2-5H3. The Labute approximate surface area is 94.5 Å². The molecule has 0 spiro atoms. The number of rotatable bonds is 4. The molecule has 1 rings (SSSR count). The minimum atomic E-state index is -1.18. The maximum atomic E-state index is 3.85. The molecule has 0 saturated carbocycles. The molecular weight excluding hydrogens is 198 g/mol. The van der Waals surface area contributed by atoms with Gasteiger partial charge in [0.1, 0.15) is 8.24 Å². The minimum Gasteiger partial charge on any atom is -0.323 e. The molecule has 0 heterocycles. The summed E-state index contributed by atoms with van der Waals surface area (Å²) in [7, 11) is 1.03. The van der Waals surface area contributed by atoms with Crippen molar-refractivity contribution in [2.75, 3.05) is 7.05 Å². The smallest absolute Gasteiger partial charge is 0.119 e. The molecule has 2 heteroatoms. The minimum absolute atomic E-state index is 1.03.